The van der Waals surface area contributed by atoms with Crippen molar-refractivity contribution in [2.75, 3.05) is 37.1 Å². The lowest BCUT2D eigenvalue weighted by molar-refractivity contribution is -0.128. The van der Waals surface area contributed by atoms with Crippen LogP contribution in [-0.2, 0) is 16.1 Å². The largest absolute Gasteiger partial charge is 0.378 e. The Hall–Kier alpha value is -1.33. The van der Waals surface area contributed by atoms with E-state index in [9.17, 15) is 4.79 Å². The summed E-state index contributed by atoms with van der Waals surface area (Å²) in [5.74, 6) is 1.21. The fourth-order valence-corrected chi connectivity index (χ4v) is 2.10. The van der Waals surface area contributed by atoms with Crippen LogP contribution < -0.4 is 10.2 Å². The molecule has 1 fully saturated rings. The van der Waals surface area contributed by atoms with Gasteiger partial charge in [-0.3, -0.25) is 4.79 Å². The van der Waals surface area contributed by atoms with Gasteiger partial charge in [0.05, 0.1) is 18.6 Å². The molecule has 0 bridgehead atoms. The SMILES string of the molecule is CC(C)(CCl)C(=O)NCc1ccc(N2CCOCC2)nc1. The number of halogens is 1. The van der Waals surface area contributed by atoms with Gasteiger partial charge in [0.2, 0.25) is 5.91 Å². The minimum Gasteiger partial charge on any atom is -0.378 e. The van der Waals surface area contributed by atoms with Crippen molar-refractivity contribution in [3.63, 3.8) is 0 Å². The lowest BCUT2D eigenvalue weighted by Crippen LogP contribution is -2.38. The number of carbonyl (C=O) groups is 1. The number of morpholine rings is 1. The van der Waals surface area contributed by atoms with E-state index < -0.39 is 5.41 Å². The van der Waals surface area contributed by atoms with Gasteiger partial charge in [0.1, 0.15) is 5.82 Å². The summed E-state index contributed by atoms with van der Waals surface area (Å²) in [5, 5.41) is 2.89. The fraction of sp³-hybridized carbons (Fsp3) is 0.600. The summed E-state index contributed by atoms with van der Waals surface area (Å²) < 4.78 is 5.32. The standard InChI is InChI=1S/C15H22ClN3O2/c1-15(2,11-16)14(20)18-10-12-3-4-13(17-9-12)19-5-7-21-8-6-19/h3-4,9H,5-8,10-11H2,1-2H3,(H,18,20). The minimum absolute atomic E-state index is 0.0465. The van der Waals surface area contributed by atoms with Gasteiger partial charge in [0.25, 0.3) is 0 Å². The highest BCUT2D eigenvalue weighted by atomic mass is 35.5. The van der Waals surface area contributed by atoms with Crippen molar-refractivity contribution in [3.05, 3.63) is 23.9 Å². The molecule has 21 heavy (non-hydrogen) atoms. The normalized spacial score (nSPS) is 15.9. The van der Waals surface area contributed by atoms with Crippen LogP contribution >= 0.6 is 11.6 Å². The Bertz CT molecular complexity index is 470. The summed E-state index contributed by atoms with van der Waals surface area (Å²) in [4.78, 5) is 18.6. The smallest absolute Gasteiger partial charge is 0.227 e. The fourth-order valence-electron chi connectivity index (χ4n) is 1.98. The van der Waals surface area contributed by atoms with Crippen LogP contribution in [0.4, 0.5) is 5.82 Å². The van der Waals surface area contributed by atoms with Crippen LogP contribution in [0.25, 0.3) is 0 Å². The van der Waals surface area contributed by atoms with E-state index >= 15 is 0 Å². The van der Waals surface area contributed by atoms with Crippen LogP contribution in [0.1, 0.15) is 19.4 Å². The molecule has 2 heterocycles. The maximum Gasteiger partial charge on any atom is 0.227 e. The van der Waals surface area contributed by atoms with Gasteiger partial charge in [-0.25, -0.2) is 4.98 Å². The van der Waals surface area contributed by atoms with Crippen molar-refractivity contribution in [3.8, 4) is 0 Å². The number of nitrogens with one attached hydrogen (secondary N) is 1. The summed E-state index contributed by atoms with van der Waals surface area (Å²) in [5.41, 5.74) is 0.425. The first-order chi connectivity index (χ1) is 10.0. The Morgan fingerprint density at radius 1 is 1.43 bits per heavy atom. The predicted molar refractivity (Wildman–Crippen MR) is 83.6 cm³/mol. The first kappa shape index (κ1) is 16.0. The number of ether oxygens (including phenoxy) is 1. The zero-order chi connectivity index (χ0) is 15.3. The number of carbonyl (C=O) groups excluding carboxylic acids is 1. The topological polar surface area (TPSA) is 54.5 Å². The Morgan fingerprint density at radius 3 is 2.71 bits per heavy atom. The maximum atomic E-state index is 11.9. The van der Waals surface area contributed by atoms with E-state index in [1.165, 1.54) is 0 Å². The van der Waals surface area contributed by atoms with Gasteiger partial charge in [-0.15, -0.1) is 11.6 Å². The van der Waals surface area contributed by atoms with Crippen molar-refractivity contribution < 1.29 is 9.53 Å². The molecule has 1 amide bonds. The van der Waals surface area contributed by atoms with Crippen molar-refractivity contribution >= 4 is 23.3 Å². The highest BCUT2D eigenvalue weighted by Crippen LogP contribution is 2.17. The molecular formula is C15H22ClN3O2. The zero-order valence-corrected chi connectivity index (χ0v) is 13.3. The number of anilines is 1. The number of amides is 1. The average Bonchev–Trinajstić information content (AvgIpc) is 2.54. The van der Waals surface area contributed by atoms with Crippen molar-refractivity contribution in [2.45, 2.75) is 20.4 Å². The molecule has 1 aliphatic rings. The molecule has 6 heteroatoms. The van der Waals surface area contributed by atoms with E-state index in [2.05, 4.69) is 15.2 Å². The first-order valence-electron chi connectivity index (χ1n) is 7.15. The van der Waals surface area contributed by atoms with Gasteiger partial charge in [-0.1, -0.05) is 6.07 Å². The van der Waals surface area contributed by atoms with Crippen LogP contribution in [0.5, 0.6) is 0 Å². The van der Waals surface area contributed by atoms with Gasteiger partial charge in [0, 0.05) is 31.7 Å². The second kappa shape index (κ2) is 7.09. The number of hydrogen-bond donors (Lipinski definition) is 1. The number of aromatic nitrogens is 1. The number of pyridine rings is 1. The second-order valence-corrected chi connectivity index (χ2v) is 6.09. The van der Waals surface area contributed by atoms with Crippen LogP contribution in [0.2, 0.25) is 0 Å². The monoisotopic (exact) mass is 311 g/mol. The molecule has 0 radical (unpaired) electrons. The van der Waals surface area contributed by atoms with E-state index in [0.717, 1.165) is 37.7 Å². The Kier molecular flexibility index (Phi) is 5.42. The van der Waals surface area contributed by atoms with Crippen molar-refractivity contribution in [1.82, 2.24) is 10.3 Å². The highest BCUT2D eigenvalue weighted by Gasteiger charge is 2.25. The first-order valence-corrected chi connectivity index (χ1v) is 7.68. The number of rotatable bonds is 5. The molecule has 0 atom stereocenters. The van der Waals surface area contributed by atoms with Gasteiger partial charge in [0.15, 0.2) is 0 Å². The third-order valence-corrected chi connectivity index (χ3v) is 4.21. The number of alkyl halides is 1. The minimum atomic E-state index is -0.553. The summed E-state index contributed by atoms with van der Waals surface area (Å²) in [7, 11) is 0. The average molecular weight is 312 g/mol. The molecule has 0 saturated carbocycles. The molecule has 0 spiro atoms. The molecule has 1 saturated heterocycles. The molecule has 116 valence electrons. The summed E-state index contributed by atoms with van der Waals surface area (Å²) >= 11 is 5.79. The molecular weight excluding hydrogens is 290 g/mol. The van der Waals surface area contributed by atoms with Crippen LogP contribution in [-0.4, -0.2) is 43.1 Å². The molecule has 5 nitrogen and oxygen atoms in total. The van der Waals surface area contributed by atoms with Crippen LogP contribution in [0, 0.1) is 5.41 Å². The van der Waals surface area contributed by atoms with E-state index in [1.54, 1.807) is 6.20 Å². The molecule has 0 aromatic carbocycles. The molecule has 1 N–H and O–H groups in total. The Balaban J connectivity index is 1.89. The number of hydrogen-bond acceptors (Lipinski definition) is 4. The third-order valence-electron chi connectivity index (χ3n) is 3.55. The summed E-state index contributed by atoms with van der Waals surface area (Å²) in [6.45, 7) is 7.35. The van der Waals surface area contributed by atoms with Crippen molar-refractivity contribution in [1.29, 1.82) is 0 Å². The van der Waals surface area contributed by atoms with E-state index in [4.69, 9.17) is 16.3 Å². The van der Waals surface area contributed by atoms with Crippen LogP contribution in [0.15, 0.2) is 18.3 Å². The predicted octanol–water partition coefficient (Wildman–Crippen LogP) is 1.80. The molecule has 1 aromatic rings. The van der Waals surface area contributed by atoms with Gasteiger partial charge >= 0.3 is 0 Å². The quantitative estimate of drug-likeness (QED) is 0.843. The van der Waals surface area contributed by atoms with Gasteiger partial charge in [-0.2, -0.15) is 0 Å². The summed E-state index contributed by atoms with van der Waals surface area (Å²) in [6, 6.07) is 3.98. The van der Waals surface area contributed by atoms with E-state index in [1.807, 2.05) is 26.0 Å². The van der Waals surface area contributed by atoms with E-state index in [-0.39, 0.29) is 5.91 Å². The second-order valence-electron chi connectivity index (χ2n) is 5.82. The highest BCUT2D eigenvalue weighted by molar-refractivity contribution is 6.19. The molecule has 2 rings (SSSR count). The van der Waals surface area contributed by atoms with Crippen molar-refractivity contribution in [2.24, 2.45) is 5.41 Å². The van der Waals surface area contributed by atoms with Gasteiger partial charge < -0.3 is 15.0 Å². The van der Waals surface area contributed by atoms with E-state index in [0.29, 0.717) is 12.4 Å². The molecule has 1 aliphatic heterocycles. The maximum absolute atomic E-state index is 11.9. The zero-order valence-electron chi connectivity index (χ0n) is 12.6. The molecule has 0 aliphatic carbocycles. The third kappa shape index (κ3) is 4.32. The number of nitrogens with zero attached hydrogens (tertiary/aromatic N) is 2. The molecule has 0 unspecified atom stereocenters. The lowest BCUT2D eigenvalue weighted by Gasteiger charge is -2.27. The van der Waals surface area contributed by atoms with Gasteiger partial charge in [-0.05, 0) is 25.5 Å². The lowest BCUT2D eigenvalue weighted by atomic mass is 9.95. The Labute approximate surface area is 130 Å². The Morgan fingerprint density at radius 2 is 2.14 bits per heavy atom. The van der Waals surface area contributed by atoms with Crippen LogP contribution in [0.3, 0.4) is 0 Å². The molecule has 1 aromatic heterocycles. The summed E-state index contributed by atoms with van der Waals surface area (Å²) in [6.07, 6.45) is 1.80.